The van der Waals surface area contributed by atoms with Gasteiger partial charge in [-0.25, -0.2) is 4.99 Å². The van der Waals surface area contributed by atoms with E-state index in [9.17, 15) is 0 Å². The zero-order valence-corrected chi connectivity index (χ0v) is 11.5. The summed E-state index contributed by atoms with van der Waals surface area (Å²) < 4.78 is 0. The Labute approximate surface area is 122 Å². The van der Waals surface area contributed by atoms with E-state index in [1.807, 2.05) is 0 Å². The van der Waals surface area contributed by atoms with Gasteiger partial charge in [0.25, 0.3) is 0 Å². The highest BCUT2D eigenvalue weighted by atomic mass is 14.8. The van der Waals surface area contributed by atoms with Crippen molar-refractivity contribution in [2.75, 3.05) is 0 Å². The second-order valence-electron chi connectivity index (χ2n) is 5.57. The first-order valence-corrected chi connectivity index (χ1v) is 7.33. The molecule has 0 N–H and O–H groups in total. The smallest absolute Gasteiger partial charge is 0.0798 e. The van der Waals surface area contributed by atoms with Crippen LogP contribution in [0.15, 0.2) is 59.6 Å². The Bertz CT molecular complexity index is 1060. The molecule has 0 atom stereocenters. The maximum absolute atomic E-state index is 4.91. The Hall–Kier alpha value is -2.67. The molecular weight excluding hydrogens is 254 g/mol. The predicted molar refractivity (Wildman–Crippen MR) is 87.9 cm³/mol. The highest BCUT2D eigenvalue weighted by molar-refractivity contribution is 6.04. The molecule has 98 valence electrons. The number of hydrogen-bond acceptors (Lipinski definition) is 1. The van der Waals surface area contributed by atoms with Crippen molar-refractivity contribution >= 4 is 28.6 Å². The van der Waals surface area contributed by atoms with E-state index in [0.717, 1.165) is 17.5 Å². The van der Waals surface area contributed by atoms with Crippen LogP contribution in [0.1, 0.15) is 12.0 Å². The summed E-state index contributed by atoms with van der Waals surface area (Å²) in [5.41, 5.74) is 4.96. The minimum Gasteiger partial charge on any atom is -0.247 e. The quantitative estimate of drug-likeness (QED) is 0.457. The Morgan fingerprint density at radius 3 is 2.62 bits per heavy atom. The second-order valence-corrected chi connectivity index (χ2v) is 5.57. The molecule has 21 heavy (non-hydrogen) atoms. The lowest BCUT2D eigenvalue weighted by Gasteiger charge is -2.11. The lowest BCUT2D eigenvalue weighted by molar-refractivity contribution is 1.33. The minimum absolute atomic E-state index is 0.990. The Balaban J connectivity index is 2.12. The number of para-hydroxylation sites is 1. The van der Waals surface area contributed by atoms with Gasteiger partial charge in [-0.1, -0.05) is 60.7 Å². The fourth-order valence-electron chi connectivity index (χ4n) is 3.52. The first-order chi connectivity index (χ1) is 10.4. The zero-order chi connectivity index (χ0) is 13.8. The Kier molecular flexibility index (Phi) is 2.06. The normalized spacial score (nSPS) is 14.1. The third-order valence-electron chi connectivity index (χ3n) is 4.42. The van der Waals surface area contributed by atoms with Gasteiger partial charge in [0.05, 0.1) is 11.0 Å². The molecule has 2 aliphatic rings. The SMILES string of the molecule is C1=Cc2c(c3c(c4ccccc24)-c2ccccc2N=3)=CC1. The summed E-state index contributed by atoms with van der Waals surface area (Å²) in [7, 11) is 0. The van der Waals surface area contributed by atoms with Gasteiger partial charge in [-0.15, -0.1) is 0 Å². The van der Waals surface area contributed by atoms with E-state index in [1.165, 1.54) is 32.7 Å². The van der Waals surface area contributed by atoms with Crippen LogP contribution in [0.4, 0.5) is 5.69 Å². The molecule has 0 saturated heterocycles. The maximum atomic E-state index is 4.91. The fourth-order valence-corrected chi connectivity index (χ4v) is 3.52. The molecule has 3 aromatic carbocycles. The van der Waals surface area contributed by atoms with Gasteiger partial charge in [-0.05, 0) is 28.8 Å². The van der Waals surface area contributed by atoms with E-state index in [1.54, 1.807) is 0 Å². The minimum atomic E-state index is 0.990. The molecule has 1 nitrogen and oxygen atoms in total. The third kappa shape index (κ3) is 1.38. The summed E-state index contributed by atoms with van der Waals surface area (Å²) in [6, 6.07) is 17.1. The van der Waals surface area contributed by atoms with Gasteiger partial charge >= 0.3 is 0 Å². The average molecular weight is 267 g/mol. The molecule has 0 unspecified atom stereocenters. The summed E-state index contributed by atoms with van der Waals surface area (Å²) >= 11 is 0. The van der Waals surface area contributed by atoms with E-state index in [-0.39, 0.29) is 0 Å². The molecule has 0 saturated carbocycles. The van der Waals surface area contributed by atoms with E-state index in [4.69, 9.17) is 4.99 Å². The van der Waals surface area contributed by atoms with E-state index in [2.05, 4.69) is 66.8 Å². The van der Waals surface area contributed by atoms with Gasteiger partial charge in [-0.3, -0.25) is 0 Å². The molecule has 3 aromatic rings. The molecule has 1 aliphatic heterocycles. The molecule has 5 rings (SSSR count). The first kappa shape index (κ1) is 11.0. The fraction of sp³-hybridized carbons (Fsp3) is 0.0500. The summed E-state index contributed by atoms with van der Waals surface area (Å²) in [6.07, 6.45) is 7.76. The molecule has 1 aliphatic carbocycles. The van der Waals surface area contributed by atoms with Crippen molar-refractivity contribution < 1.29 is 0 Å². The van der Waals surface area contributed by atoms with Gasteiger partial charge in [0.2, 0.25) is 0 Å². The summed E-state index contributed by atoms with van der Waals surface area (Å²) in [5.74, 6) is 0. The van der Waals surface area contributed by atoms with Crippen LogP contribution >= 0.6 is 0 Å². The van der Waals surface area contributed by atoms with Crippen molar-refractivity contribution in [3.63, 3.8) is 0 Å². The molecule has 1 heterocycles. The maximum Gasteiger partial charge on any atom is 0.0798 e. The number of benzene rings is 3. The van der Waals surface area contributed by atoms with E-state index >= 15 is 0 Å². The highest BCUT2D eigenvalue weighted by Crippen LogP contribution is 2.36. The van der Waals surface area contributed by atoms with Gasteiger partial charge in [0.15, 0.2) is 0 Å². The number of allylic oxidation sites excluding steroid dienone is 1. The van der Waals surface area contributed by atoms with Crippen molar-refractivity contribution in [1.82, 2.24) is 0 Å². The van der Waals surface area contributed by atoms with Gasteiger partial charge in [0.1, 0.15) is 0 Å². The Morgan fingerprint density at radius 1 is 0.857 bits per heavy atom. The summed E-state index contributed by atoms with van der Waals surface area (Å²) in [6.45, 7) is 0. The molecule has 0 radical (unpaired) electrons. The van der Waals surface area contributed by atoms with Crippen molar-refractivity contribution in [2.24, 2.45) is 4.99 Å². The van der Waals surface area contributed by atoms with E-state index in [0.29, 0.717) is 0 Å². The highest BCUT2D eigenvalue weighted by Gasteiger charge is 2.19. The molecule has 0 spiro atoms. The molecule has 0 amide bonds. The van der Waals surface area contributed by atoms with Crippen LogP contribution in [-0.2, 0) is 0 Å². The average Bonchev–Trinajstić information content (AvgIpc) is 2.95. The molecule has 1 heteroatoms. The van der Waals surface area contributed by atoms with Crippen LogP contribution < -0.4 is 10.6 Å². The lowest BCUT2D eigenvalue weighted by Crippen LogP contribution is -2.29. The predicted octanol–water partition coefficient (Wildman–Crippen LogP) is 3.97. The van der Waals surface area contributed by atoms with Crippen LogP contribution in [-0.4, -0.2) is 0 Å². The summed E-state index contributed by atoms with van der Waals surface area (Å²) in [5, 5.41) is 5.07. The number of hydrogen-bond donors (Lipinski definition) is 0. The molecular formula is C20H13N. The largest absolute Gasteiger partial charge is 0.247 e. The van der Waals surface area contributed by atoms with Crippen LogP contribution in [0.5, 0.6) is 0 Å². The molecule has 0 fully saturated rings. The van der Waals surface area contributed by atoms with Gasteiger partial charge < -0.3 is 0 Å². The molecule has 0 bridgehead atoms. The standard InChI is InChI=1S/C20H13N/c1-3-9-15-13(7-1)14-8-2-4-10-16(14)20-19(15)17-11-5-6-12-18(17)21-20/h1-3,5-12H,4H2. The van der Waals surface area contributed by atoms with Crippen molar-refractivity contribution in [2.45, 2.75) is 6.42 Å². The van der Waals surface area contributed by atoms with Crippen LogP contribution in [0.2, 0.25) is 0 Å². The first-order valence-electron chi connectivity index (χ1n) is 7.33. The van der Waals surface area contributed by atoms with Crippen molar-refractivity contribution in [3.8, 4) is 11.1 Å². The summed E-state index contributed by atoms with van der Waals surface area (Å²) in [4.78, 5) is 4.91. The van der Waals surface area contributed by atoms with Crippen LogP contribution in [0.25, 0.3) is 34.1 Å². The molecule has 0 aromatic heterocycles. The lowest BCUT2D eigenvalue weighted by atomic mass is 9.91. The third-order valence-corrected chi connectivity index (χ3v) is 4.42. The van der Waals surface area contributed by atoms with Crippen LogP contribution in [0.3, 0.4) is 0 Å². The zero-order valence-electron chi connectivity index (χ0n) is 11.5. The number of rotatable bonds is 0. The van der Waals surface area contributed by atoms with Gasteiger partial charge in [-0.2, -0.15) is 0 Å². The van der Waals surface area contributed by atoms with E-state index < -0.39 is 0 Å². The van der Waals surface area contributed by atoms with Crippen molar-refractivity contribution in [3.05, 3.63) is 70.7 Å². The van der Waals surface area contributed by atoms with Crippen molar-refractivity contribution in [1.29, 1.82) is 0 Å². The monoisotopic (exact) mass is 267 g/mol. The Morgan fingerprint density at radius 2 is 1.67 bits per heavy atom. The number of nitrogens with zero attached hydrogens (tertiary/aromatic N) is 1. The topological polar surface area (TPSA) is 12.4 Å². The number of fused-ring (bicyclic) bond motifs is 8. The van der Waals surface area contributed by atoms with Gasteiger partial charge in [0, 0.05) is 16.3 Å². The second kappa shape index (κ2) is 3.92. The van der Waals surface area contributed by atoms with Crippen LogP contribution in [0, 0.1) is 0 Å².